The van der Waals surface area contributed by atoms with E-state index in [0.717, 1.165) is 12.5 Å². The molecule has 0 saturated carbocycles. The minimum Gasteiger partial charge on any atom is -0.418 e. The van der Waals surface area contributed by atoms with Crippen LogP contribution in [0.15, 0.2) is 0 Å². The van der Waals surface area contributed by atoms with Crippen LogP contribution in [0.1, 0.15) is 13.3 Å². The van der Waals surface area contributed by atoms with Gasteiger partial charge in [0.1, 0.15) is 0 Å². The maximum absolute atomic E-state index is 6.19. The quantitative estimate of drug-likeness (QED) is 0.622. The molecule has 0 aliphatic carbocycles. The Labute approximate surface area is 111 Å². The minimum atomic E-state index is -1.60. The lowest BCUT2D eigenvalue weighted by molar-refractivity contribution is 0.298. The second-order valence-electron chi connectivity index (χ2n) is 7.41. The molecule has 0 rings (SSSR count). The summed E-state index contributed by atoms with van der Waals surface area (Å²) in [4.78, 5) is 0. The van der Waals surface area contributed by atoms with E-state index in [1.807, 2.05) is 0 Å². The van der Waals surface area contributed by atoms with Gasteiger partial charge in [0.25, 0.3) is 0 Å². The van der Waals surface area contributed by atoms with E-state index < -0.39 is 24.7 Å². The van der Waals surface area contributed by atoms with E-state index in [9.17, 15) is 0 Å². The van der Waals surface area contributed by atoms with Gasteiger partial charge < -0.3 is 8.85 Å². The highest BCUT2D eigenvalue weighted by molar-refractivity contribution is 6.78. The third-order valence-electron chi connectivity index (χ3n) is 2.56. The largest absolute Gasteiger partial charge is 0.418 e. The Bertz CT molecular complexity index is 222. The van der Waals surface area contributed by atoms with Crippen LogP contribution in [0.5, 0.6) is 0 Å². The zero-order chi connectivity index (χ0) is 13.7. The summed E-state index contributed by atoms with van der Waals surface area (Å²) in [7, 11) is -4.12. The van der Waals surface area contributed by atoms with Crippen molar-refractivity contribution in [3.8, 4) is 0 Å². The fourth-order valence-electron chi connectivity index (χ4n) is 1.50. The Morgan fingerprint density at radius 1 is 0.706 bits per heavy atom. The summed E-state index contributed by atoms with van der Waals surface area (Å²) in [6.07, 6.45) is 3.08. The summed E-state index contributed by atoms with van der Waals surface area (Å²) < 4.78 is 12.4. The second kappa shape index (κ2) is 6.65. The monoisotopic (exact) mass is 292 g/mol. The Hall–Kier alpha value is 0.571. The van der Waals surface area contributed by atoms with Crippen LogP contribution < -0.4 is 0 Å². The molecule has 0 saturated heterocycles. The van der Waals surface area contributed by atoms with Crippen molar-refractivity contribution in [2.24, 2.45) is 0 Å². The van der Waals surface area contributed by atoms with Gasteiger partial charge in [-0.05, 0) is 32.2 Å². The predicted octanol–water partition coefficient (Wildman–Crippen LogP) is 4.26. The zero-order valence-electron chi connectivity index (χ0n) is 13.1. The molecule has 0 heterocycles. The van der Waals surface area contributed by atoms with Gasteiger partial charge in [0, 0.05) is 6.23 Å². The average Bonchev–Trinajstić information content (AvgIpc) is 2.12. The van der Waals surface area contributed by atoms with Crippen LogP contribution >= 0.6 is 0 Å². The molecule has 0 aromatic heterocycles. The highest BCUT2D eigenvalue weighted by Gasteiger charge is 2.30. The molecule has 0 aliphatic rings. The number of rotatable bonds is 8. The Kier molecular flexibility index (Phi) is 6.88. The van der Waals surface area contributed by atoms with Crippen molar-refractivity contribution in [2.45, 2.75) is 65.2 Å². The molecule has 0 amide bonds. The van der Waals surface area contributed by atoms with Crippen molar-refractivity contribution in [3.63, 3.8) is 0 Å². The van der Waals surface area contributed by atoms with E-state index >= 15 is 0 Å². The maximum atomic E-state index is 6.19. The molecule has 0 unspecified atom stereocenters. The summed E-state index contributed by atoms with van der Waals surface area (Å²) in [5.74, 6) is 0. The topological polar surface area (TPSA) is 18.5 Å². The molecule has 0 aromatic carbocycles. The first-order valence-electron chi connectivity index (χ1n) is 6.75. The van der Waals surface area contributed by atoms with Gasteiger partial charge in [-0.25, -0.2) is 0 Å². The minimum absolute atomic E-state index is 0.872. The van der Waals surface area contributed by atoms with Gasteiger partial charge in [-0.15, -0.1) is 0 Å². The van der Waals surface area contributed by atoms with Crippen LogP contribution in [0.2, 0.25) is 51.9 Å². The van der Waals surface area contributed by atoms with Gasteiger partial charge in [-0.1, -0.05) is 33.0 Å². The molecule has 0 N–H and O–H groups in total. The van der Waals surface area contributed by atoms with Gasteiger partial charge in [0.2, 0.25) is 8.32 Å². The van der Waals surface area contributed by atoms with Crippen molar-refractivity contribution in [3.05, 3.63) is 0 Å². The summed E-state index contributed by atoms with van der Waals surface area (Å²) in [6, 6.07) is 1.26. The van der Waals surface area contributed by atoms with Gasteiger partial charge in [0.15, 0.2) is 8.32 Å². The van der Waals surface area contributed by atoms with E-state index in [1.165, 1.54) is 12.5 Å². The molecule has 0 radical (unpaired) electrons. The predicted molar refractivity (Wildman–Crippen MR) is 85.3 cm³/mol. The summed E-state index contributed by atoms with van der Waals surface area (Å²) >= 11 is 0. The second-order valence-corrected chi connectivity index (χ2v) is 21.2. The zero-order valence-corrected chi connectivity index (χ0v) is 16.1. The molecule has 2 nitrogen and oxygen atoms in total. The molecule has 0 bridgehead atoms. The molecule has 0 aromatic rings. The van der Waals surface area contributed by atoms with Crippen LogP contribution in [-0.2, 0) is 8.85 Å². The third-order valence-corrected chi connectivity index (χ3v) is 8.54. The Morgan fingerprint density at radius 2 is 1.18 bits per heavy atom. The normalized spacial score (nSPS) is 14.1. The molecule has 0 fully saturated rings. The lowest BCUT2D eigenvalue weighted by Crippen LogP contribution is -2.46. The maximum Gasteiger partial charge on any atom is 0.210 e. The van der Waals surface area contributed by atoms with Crippen LogP contribution in [0.3, 0.4) is 0 Å². The van der Waals surface area contributed by atoms with Crippen molar-refractivity contribution >= 4 is 24.7 Å². The highest BCUT2D eigenvalue weighted by atomic mass is 28.4. The molecule has 17 heavy (non-hydrogen) atoms. The standard InChI is InChI=1S/C12H32O2Si3/c1-9-10-16(5,6)14-12-17(7,8)13-11-15(2,3)4/h9-12H2,1-8H3. The van der Waals surface area contributed by atoms with Gasteiger partial charge in [0.05, 0.1) is 14.3 Å². The summed E-state index contributed by atoms with van der Waals surface area (Å²) in [5.41, 5.74) is 0. The van der Waals surface area contributed by atoms with E-state index in [-0.39, 0.29) is 0 Å². The molecular formula is C12H32O2Si3. The van der Waals surface area contributed by atoms with Crippen molar-refractivity contribution in [1.82, 2.24) is 0 Å². The first kappa shape index (κ1) is 17.6. The lowest BCUT2D eigenvalue weighted by atomic mass is 10.6. The average molecular weight is 293 g/mol. The van der Waals surface area contributed by atoms with Gasteiger partial charge in [-0.2, -0.15) is 0 Å². The van der Waals surface area contributed by atoms with Crippen LogP contribution in [0.25, 0.3) is 0 Å². The first-order chi connectivity index (χ1) is 7.47. The molecule has 5 heteroatoms. The fourth-order valence-corrected chi connectivity index (χ4v) is 9.18. The van der Waals surface area contributed by atoms with Gasteiger partial charge >= 0.3 is 0 Å². The Morgan fingerprint density at radius 3 is 1.59 bits per heavy atom. The molecular weight excluding hydrogens is 260 g/mol. The molecule has 104 valence electrons. The first-order valence-corrected chi connectivity index (χ1v) is 16.7. The smallest absolute Gasteiger partial charge is 0.210 e. The van der Waals surface area contributed by atoms with Crippen LogP contribution in [-0.4, -0.2) is 37.2 Å². The lowest BCUT2D eigenvalue weighted by Gasteiger charge is -2.31. The van der Waals surface area contributed by atoms with E-state index in [1.54, 1.807) is 0 Å². The molecule has 0 spiro atoms. The van der Waals surface area contributed by atoms with E-state index in [0.29, 0.717) is 0 Å². The van der Waals surface area contributed by atoms with Crippen LogP contribution in [0.4, 0.5) is 0 Å². The van der Waals surface area contributed by atoms with E-state index in [4.69, 9.17) is 8.85 Å². The Balaban J connectivity index is 4.09. The third kappa shape index (κ3) is 10.2. The summed E-state index contributed by atoms with van der Waals surface area (Å²) in [5, 5.41) is 0. The van der Waals surface area contributed by atoms with E-state index in [2.05, 4.69) is 52.8 Å². The van der Waals surface area contributed by atoms with Gasteiger partial charge in [-0.3, -0.25) is 0 Å². The van der Waals surface area contributed by atoms with Crippen molar-refractivity contribution < 1.29 is 8.85 Å². The number of hydrogen-bond acceptors (Lipinski definition) is 2. The summed E-state index contributed by atoms with van der Waals surface area (Å²) in [6.45, 7) is 18.5. The molecule has 0 aliphatic heterocycles. The van der Waals surface area contributed by atoms with Crippen molar-refractivity contribution in [2.75, 3.05) is 12.5 Å². The SMILES string of the molecule is CCC[Si](C)(C)OC[Si](C)(C)OC[Si](C)(C)C. The molecule has 0 atom stereocenters. The fraction of sp³-hybridized carbons (Fsp3) is 1.00. The van der Waals surface area contributed by atoms with Crippen molar-refractivity contribution in [1.29, 1.82) is 0 Å². The number of hydrogen-bond donors (Lipinski definition) is 0. The highest BCUT2D eigenvalue weighted by Crippen LogP contribution is 2.17. The van der Waals surface area contributed by atoms with Crippen LogP contribution in [0, 0.1) is 0 Å².